The number of amides is 1. The maximum atomic E-state index is 12.1. The number of rotatable bonds is 2. The minimum absolute atomic E-state index is 0.0632. The van der Waals surface area contributed by atoms with Gasteiger partial charge in [0.1, 0.15) is 5.56 Å². The van der Waals surface area contributed by atoms with E-state index in [1.165, 1.54) is 12.3 Å². The van der Waals surface area contributed by atoms with Crippen molar-refractivity contribution >= 4 is 17.3 Å². The van der Waals surface area contributed by atoms with Crippen LogP contribution in [0, 0.1) is 20.8 Å². The summed E-state index contributed by atoms with van der Waals surface area (Å²) in [6.07, 6.45) is 1.41. The van der Waals surface area contributed by atoms with Gasteiger partial charge in [-0.05, 0) is 44.0 Å². The van der Waals surface area contributed by atoms with Crippen molar-refractivity contribution in [3.8, 4) is 0 Å². The number of nitrogen functional groups attached to an aromatic ring is 1. The molecule has 5 heteroatoms. The van der Waals surface area contributed by atoms with Crippen LogP contribution in [0.4, 0.5) is 11.4 Å². The predicted molar refractivity (Wildman–Crippen MR) is 80.1 cm³/mol. The number of aryl methyl sites for hydroxylation is 3. The highest BCUT2D eigenvalue weighted by atomic mass is 16.2. The van der Waals surface area contributed by atoms with Gasteiger partial charge < -0.3 is 16.0 Å². The number of H-pyrrole nitrogens is 1. The van der Waals surface area contributed by atoms with Crippen LogP contribution in [-0.4, -0.2) is 10.9 Å². The first kappa shape index (κ1) is 13.9. The summed E-state index contributed by atoms with van der Waals surface area (Å²) in [4.78, 5) is 26.7. The molecule has 0 atom stereocenters. The molecule has 0 radical (unpaired) electrons. The second kappa shape index (κ2) is 5.21. The Hall–Kier alpha value is -2.56. The maximum Gasteiger partial charge on any atom is 0.261 e. The summed E-state index contributed by atoms with van der Waals surface area (Å²) in [6.45, 7) is 5.63. The van der Waals surface area contributed by atoms with Crippen LogP contribution < -0.4 is 16.5 Å². The van der Waals surface area contributed by atoms with E-state index in [9.17, 15) is 9.59 Å². The topological polar surface area (TPSA) is 88.0 Å². The number of benzene rings is 1. The second-order valence-electron chi connectivity index (χ2n) is 4.87. The number of hydrogen-bond donors (Lipinski definition) is 3. The van der Waals surface area contributed by atoms with Gasteiger partial charge in [-0.25, -0.2) is 0 Å². The van der Waals surface area contributed by atoms with Crippen molar-refractivity contribution in [3.05, 3.63) is 57.0 Å². The fourth-order valence-corrected chi connectivity index (χ4v) is 1.89. The Balaban J connectivity index is 2.33. The molecular formula is C15H17N3O2. The van der Waals surface area contributed by atoms with Crippen LogP contribution in [0.2, 0.25) is 0 Å². The molecule has 2 aromatic rings. The summed E-state index contributed by atoms with van der Waals surface area (Å²) in [7, 11) is 0. The molecule has 5 nitrogen and oxygen atoms in total. The molecular weight excluding hydrogens is 254 g/mol. The minimum atomic E-state index is -0.471. The SMILES string of the molecule is Cc1cc(=O)c(C(=O)Nc2cc(C)c(C)cc2N)c[nH]1. The van der Waals surface area contributed by atoms with Crippen molar-refractivity contribution in [3.63, 3.8) is 0 Å². The fourth-order valence-electron chi connectivity index (χ4n) is 1.89. The standard InChI is InChI=1S/C15H17N3O2/c1-8-4-12(16)13(5-9(8)2)18-15(20)11-7-17-10(3)6-14(11)19/h4-7H,16H2,1-3H3,(H,17,19)(H,18,20). The number of nitrogens with two attached hydrogens (primary N) is 1. The highest BCUT2D eigenvalue weighted by molar-refractivity contribution is 6.05. The highest BCUT2D eigenvalue weighted by Gasteiger charge is 2.12. The van der Waals surface area contributed by atoms with Crippen LogP contribution in [-0.2, 0) is 0 Å². The van der Waals surface area contributed by atoms with E-state index in [1.807, 2.05) is 13.8 Å². The molecule has 0 aliphatic heterocycles. The summed E-state index contributed by atoms with van der Waals surface area (Å²) in [5.41, 5.74) is 9.39. The molecule has 0 aliphatic rings. The first-order valence-electron chi connectivity index (χ1n) is 6.26. The number of aromatic amines is 1. The number of pyridine rings is 1. The Morgan fingerprint density at radius 1 is 1.15 bits per heavy atom. The molecule has 1 amide bonds. The normalized spacial score (nSPS) is 10.3. The van der Waals surface area contributed by atoms with Gasteiger partial charge in [0.2, 0.25) is 0 Å². The molecule has 4 N–H and O–H groups in total. The summed E-state index contributed by atoms with van der Waals surface area (Å²) >= 11 is 0. The highest BCUT2D eigenvalue weighted by Crippen LogP contribution is 2.23. The zero-order chi connectivity index (χ0) is 14.9. The lowest BCUT2D eigenvalue weighted by Gasteiger charge is -2.11. The Morgan fingerprint density at radius 2 is 1.80 bits per heavy atom. The average molecular weight is 271 g/mol. The second-order valence-corrected chi connectivity index (χ2v) is 4.87. The number of hydrogen-bond acceptors (Lipinski definition) is 3. The Kier molecular flexibility index (Phi) is 3.61. The lowest BCUT2D eigenvalue weighted by Crippen LogP contribution is -2.22. The first-order chi connectivity index (χ1) is 9.38. The summed E-state index contributed by atoms with van der Waals surface area (Å²) in [5, 5.41) is 2.67. The van der Waals surface area contributed by atoms with Gasteiger partial charge in [-0.3, -0.25) is 9.59 Å². The first-order valence-corrected chi connectivity index (χ1v) is 6.26. The van der Waals surface area contributed by atoms with Gasteiger partial charge in [0, 0.05) is 18.0 Å². The molecule has 0 saturated heterocycles. The third kappa shape index (κ3) is 2.71. The average Bonchev–Trinajstić information content (AvgIpc) is 2.35. The summed E-state index contributed by atoms with van der Waals surface area (Å²) in [5.74, 6) is -0.471. The summed E-state index contributed by atoms with van der Waals surface area (Å²) < 4.78 is 0. The molecule has 104 valence electrons. The smallest absolute Gasteiger partial charge is 0.261 e. The van der Waals surface area contributed by atoms with Crippen LogP contribution in [0.5, 0.6) is 0 Å². The monoisotopic (exact) mass is 271 g/mol. The quantitative estimate of drug-likeness (QED) is 0.731. The van der Waals surface area contributed by atoms with Gasteiger partial charge in [0.15, 0.2) is 5.43 Å². The zero-order valence-electron chi connectivity index (χ0n) is 11.7. The predicted octanol–water partition coefficient (Wildman–Crippen LogP) is 2.13. The molecule has 0 bridgehead atoms. The number of nitrogens with one attached hydrogen (secondary N) is 2. The van der Waals surface area contributed by atoms with Crippen molar-refractivity contribution in [2.45, 2.75) is 20.8 Å². The van der Waals surface area contributed by atoms with Crippen LogP contribution in [0.25, 0.3) is 0 Å². The Bertz CT molecular complexity index is 732. The molecule has 1 aromatic heterocycles. The van der Waals surface area contributed by atoms with Crippen molar-refractivity contribution in [1.29, 1.82) is 0 Å². The largest absolute Gasteiger partial charge is 0.397 e. The van der Waals surface area contributed by atoms with Gasteiger partial charge in [-0.1, -0.05) is 0 Å². The molecule has 0 spiro atoms. The van der Waals surface area contributed by atoms with E-state index >= 15 is 0 Å². The van der Waals surface area contributed by atoms with E-state index in [1.54, 1.807) is 19.1 Å². The molecule has 0 unspecified atom stereocenters. The third-order valence-corrected chi connectivity index (χ3v) is 3.22. The molecule has 1 aromatic carbocycles. The maximum absolute atomic E-state index is 12.1. The number of carbonyl (C=O) groups is 1. The molecule has 0 aliphatic carbocycles. The molecule has 20 heavy (non-hydrogen) atoms. The van der Waals surface area contributed by atoms with Crippen LogP contribution in [0.15, 0.2) is 29.2 Å². The fraction of sp³-hybridized carbons (Fsp3) is 0.200. The van der Waals surface area contributed by atoms with Crippen LogP contribution in [0.3, 0.4) is 0 Å². The van der Waals surface area contributed by atoms with Crippen molar-refractivity contribution in [2.75, 3.05) is 11.1 Å². The van der Waals surface area contributed by atoms with Gasteiger partial charge in [0.25, 0.3) is 5.91 Å². The zero-order valence-corrected chi connectivity index (χ0v) is 11.7. The lowest BCUT2D eigenvalue weighted by atomic mass is 10.1. The van der Waals surface area contributed by atoms with E-state index < -0.39 is 5.91 Å². The number of carbonyl (C=O) groups excluding carboxylic acids is 1. The molecule has 0 saturated carbocycles. The van der Waals surface area contributed by atoms with Crippen LogP contribution >= 0.6 is 0 Å². The van der Waals surface area contributed by atoms with E-state index in [0.717, 1.165) is 11.1 Å². The van der Waals surface area contributed by atoms with Crippen LogP contribution in [0.1, 0.15) is 27.2 Å². The minimum Gasteiger partial charge on any atom is -0.397 e. The van der Waals surface area contributed by atoms with Crippen molar-refractivity contribution in [2.24, 2.45) is 0 Å². The van der Waals surface area contributed by atoms with Gasteiger partial charge in [0.05, 0.1) is 11.4 Å². The van der Waals surface area contributed by atoms with E-state index in [4.69, 9.17) is 5.73 Å². The Labute approximate surface area is 116 Å². The van der Waals surface area contributed by atoms with Crippen molar-refractivity contribution < 1.29 is 4.79 Å². The number of aromatic nitrogens is 1. The van der Waals surface area contributed by atoms with Gasteiger partial charge in [-0.15, -0.1) is 0 Å². The molecule has 0 fully saturated rings. The van der Waals surface area contributed by atoms with Crippen molar-refractivity contribution in [1.82, 2.24) is 4.98 Å². The van der Waals surface area contributed by atoms with Gasteiger partial charge in [-0.2, -0.15) is 0 Å². The molecule has 1 heterocycles. The number of anilines is 2. The van der Waals surface area contributed by atoms with E-state index in [0.29, 0.717) is 17.1 Å². The Morgan fingerprint density at radius 3 is 2.45 bits per heavy atom. The third-order valence-electron chi connectivity index (χ3n) is 3.22. The summed E-state index contributed by atoms with van der Waals surface area (Å²) in [6, 6.07) is 4.98. The van der Waals surface area contributed by atoms with E-state index in [-0.39, 0.29) is 11.0 Å². The lowest BCUT2D eigenvalue weighted by molar-refractivity contribution is 0.102. The van der Waals surface area contributed by atoms with E-state index in [2.05, 4.69) is 10.3 Å². The molecule has 2 rings (SSSR count). The van der Waals surface area contributed by atoms with Gasteiger partial charge >= 0.3 is 0 Å².